The fraction of sp³-hybridized carbons (Fsp3) is 0.133. The minimum Gasteiger partial charge on any atom is -0.376 e. The largest absolute Gasteiger partial charge is 0.416 e. The standard InChI is InChI=1S/C15H12F3NO2/c16-15(17,18)12-7-4-11(5-8-12)6-9-13-2-1-3-14(21)19(13)10-20/h1-9,20H,10H2/b9-6+. The Morgan fingerprint density at radius 3 is 2.29 bits per heavy atom. The quantitative estimate of drug-likeness (QED) is 0.946. The third kappa shape index (κ3) is 3.61. The monoisotopic (exact) mass is 295 g/mol. The Bertz CT molecular complexity index is 700. The highest BCUT2D eigenvalue weighted by Gasteiger charge is 2.29. The molecule has 0 unspecified atom stereocenters. The van der Waals surface area contributed by atoms with Crippen molar-refractivity contribution in [2.45, 2.75) is 12.9 Å². The summed E-state index contributed by atoms with van der Waals surface area (Å²) in [7, 11) is 0. The van der Waals surface area contributed by atoms with E-state index in [0.717, 1.165) is 16.7 Å². The van der Waals surface area contributed by atoms with E-state index in [1.54, 1.807) is 24.3 Å². The van der Waals surface area contributed by atoms with Crippen molar-refractivity contribution in [3.63, 3.8) is 0 Å². The zero-order valence-corrected chi connectivity index (χ0v) is 10.8. The predicted molar refractivity (Wildman–Crippen MR) is 73.3 cm³/mol. The van der Waals surface area contributed by atoms with Crippen LogP contribution in [-0.2, 0) is 12.9 Å². The van der Waals surface area contributed by atoms with E-state index in [1.165, 1.54) is 18.2 Å². The van der Waals surface area contributed by atoms with Gasteiger partial charge >= 0.3 is 6.18 Å². The molecule has 6 heteroatoms. The molecule has 0 saturated heterocycles. The Morgan fingerprint density at radius 2 is 1.71 bits per heavy atom. The summed E-state index contributed by atoms with van der Waals surface area (Å²) >= 11 is 0. The van der Waals surface area contributed by atoms with Crippen LogP contribution in [0.25, 0.3) is 12.2 Å². The van der Waals surface area contributed by atoms with Crippen LogP contribution in [0.4, 0.5) is 13.2 Å². The summed E-state index contributed by atoms with van der Waals surface area (Å²) < 4.78 is 38.4. The average Bonchev–Trinajstić information content (AvgIpc) is 2.44. The van der Waals surface area contributed by atoms with Crippen LogP contribution in [0.3, 0.4) is 0 Å². The zero-order chi connectivity index (χ0) is 15.5. The van der Waals surface area contributed by atoms with Gasteiger partial charge in [0.15, 0.2) is 0 Å². The Labute approximate surface area is 118 Å². The number of rotatable bonds is 3. The first-order chi connectivity index (χ1) is 9.91. The van der Waals surface area contributed by atoms with Crippen molar-refractivity contribution < 1.29 is 18.3 Å². The summed E-state index contributed by atoms with van der Waals surface area (Å²) in [6.07, 6.45) is -1.24. The normalized spacial score (nSPS) is 12.0. The van der Waals surface area contributed by atoms with Crippen LogP contribution in [0.5, 0.6) is 0 Å². The second-order valence-corrected chi connectivity index (χ2v) is 4.31. The highest BCUT2D eigenvalue weighted by Crippen LogP contribution is 2.29. The first-order valence-corrected chi connectivity index (χ1v) is 6.08. The molecule has 0 amide bonds. The van der Waals surface area contributed by atoms with Crippen LogP contribution in [-0.4, -0.2) is 9.67 Å². The van der Waals surface area contributed by atoms with Gasteiger partial charge in [-0.2, -0.15) is 13.2 Å². The lowest BCUT2D eigenvalue weighted by molar-refractivity contribution is -0.137. The fourth-order valence-corrected chi connectivity index (χ4v) is 1.80. The molecular formula is C15H12F3NO2. The van der Waals surface area contributed by atoms with Gasteiger partial charge in [0.25, 0.3) is 5.56 Å². The second kappa shape index (κ2) is 5.97. The number of pyridine rings is 1. The molecule has 0 atom stereocenters. The van der Waals surface area contributed by atoms with Gasteiger partial charge < -0.3 is 5.11 Å². The molecule has 2 rings (SSSR count). The highest BCUT2D eigenvalue weighted by atomic mass is 19.4. The molecular weight excluding hydrogens is 283 g/mol. The number of aliphatic hydroxyl groups excluding tert-OH is 1. The molecule has 2 aromatic rings. The molecule has 0 saturated carbocycles. The molecule has 0 spiro atoms. The molecule has 0 aliphatic rings. The minimum atomic E-state index is -4.36. The first kappa shape index (κ1) is 15.1. The minimum absolute atomic E-state index is 0.355. The molecule has 3 nitrogen and oxygen atoms in total. The summed E-state index contributed by atoms with van der Waals surface area (Å²) in [5.41, 5.74) is -0.0487. The number of halogens is 3. The molecule has 0 aliphatic heterocycles. The fourth-order valence-electron chi connectivity index (χ4n) is 1.80. The number of nitrogens with zero attached hydrogens (tertiary/aromatic N) is 1. The molecule has 0 fully saturated rings. The van der Waals surface area contributed by atoms with E-state index in [9.17, 15) is 18.0 Å². The maximum atomic E-state index is 12.4. The van der Waals surface area contributed by atoms with Gasteiger partial charge in [-0.15, -0.1) is 0 Å². The van der Waals surface area contributed by atoms with E-state index >= 15 is 0 Å². The smallest absolute Gasteiger partial charge is 0.376 e. The maximum Gasteiger partial charge on any atom is 0.416 e. The van der Waals surface area contributed by atoms with Crippen LogP contribution >= 0.6 is 0 Å². The summed E-state index contributed by atoms with van der Waals surface area (Å²) in [5.74, 6) is 0. The second-order valence-electron chi connectivity index (χ2n) is 4.31. The van der Waals surface area contributed by atoms with Gasteiger partial charge in [0.1, 0.15) is 6.73 Å². The average molecular weight is 295 g/mol. The lowest BCUT2D eigenvalue weighted by atomic mass is 10.1. The summed E-state index contributed by atoms with van der Waals surface area (Å²) in [4.78, 5) is 11.5. The topological polar surface area (TPSA) is 42.2 Å². The number of aromatic nitrogens is 1. The van der Waals surface area contributed by atoms with Crippen molar-refractivity contribution in [1.82, 2.24) is 4.57 Å². The van der Waals surface area contributed by atoms with Crippen LogP contribution in [0.1, 0.15) is 16.8 Å². The van der Waals surface area contributed by atoms with Crippen molar-refractivity contribution in [2.75, 3.05) is 0 Å². The lowest BCUT2D eigenvalue weighted by Crippen LogP contribution is -2.20. The number of hydrogen-bond acceptors (Lipinski definition) is 2. The SMILES string of the molecule is O=c1cccc(/C=C/c2ccc(C(F)(F)F)cc2)n1CO. The Hall–Kier alpha value is -2.34. The van der Waals surface area contributed by atoms with Gasteiger partial charge in [-0.1, -0.05) is 24.3 Å². The van der Waals surface area contributed by atoms with Crippen LogP contribution in [0.15, 0.2) is 47.3 Å². The van der Waals surface area contributed by atoms with Gasteiger partial charge in [-0.3, -0.25) is 9.36 Å². The van der Waals surface area contributed by atoms with Crippen LogP contribution in [0.2, 0.25) is 0 Å². The van der Waals surface area contributed by atoms with E-state index in [2.05, 4.69) is 0 Å². The summed E-state index contributed by atoms with van der Waals surface area (Å²) in [6, 6.07) is 9.13. The molecule has 1 N–H and O–H groups in total. The number of aliphatic hydroxyl groups is 1. The summed E-state index contributed by atoms with van der Waals surface area (Å²) in [6.45, 7) is -0.466. The number of hydrogen-bond donors (Lipinski definition) is 1. The molecule has 1 aromatic heterocycles. The van der Waals surface area contributed by atoms with Gasteiger partial charge in [0.2, 0.25) is 0 Å². The third-order valence-electron chi connectivity index (χ3n) is 2.91. The molecule has 0 aliphatic carbocycles. The molecule has 0 bridgehead atoms. The van der Waals surface area contributed by atoms with Gasteiger partial charge in [-0.05, 0) is 29.8 Å². The van der Waals surface area contributed by atoms with Crippen molar-refractivity contribution in [1.29, 1.82) is 0 Å². The van der Waals surface area contributed by atoms with Crippen LogP contribution in [0, 0.1) is 0 Å². The Balaban J connectivity index is 2.26. The Kier molecular flexibility index (Phi) is 4.28. The van der Waals surface area contributed by atoms with E-state index in [4.69, 9.17) is 5.11 Å². The third-order valence-corrected chi connectivity index (χ3v) is 2.91. The molecule has 1 heterocycles. The lowest BCUT2D eigenvalue weighted by Gasteiger charge is -2.07. The van der Waals surface area contributed by atoms with Gasteiger partial charge in [0.05, 0.1) is 5.56 Å². The maximum absolute atomic E-state index is 12.4. The van der Waals surface area contributed by atoms with E-state index in [-0.39, 0.29) is 5.56 Å². The van der Waals surface area contributed by atoms with E-state index in [0.29, 0.717) is 11.3 Å². The van der Waals surface area contributed by atoms with E-state index in [1.807, 2.05) is 0 Å². The van der Waals surface area contributed by atoms with Crippen molar-refractivity contribution in [3.05, 3.63) is 69.6 Å². The highest BCUT2D eigenvalue weighted by molar-refractivity contribution is 5.68. The molecule has 0 radical (unpaired) electrons. The van der Waals surface area contributed by atoms with Crippen molar-refractivity contribution in [2.24, 2.45) is 0 Å². The van der Waals surface area contributed by atoms with Crippen LogP contribution < -0.4 is 5.56 Å². The summed E-state index contributed by atoms with van der Waals surface area (Å²) in [5, 5.41) is 9.13. The Morgan fingerprint density at radius 1 is 1.05 bits per heavy atom. The number of alkyl halides is 3. The number of benzene rings is 1. The zero-order valence-electron chi connectivity index (χ0n) is 10.8. The van der Waals surface area contributed by atoms with Crippen molar-refractivity contribution >= 4 is 12.2 Å². The first-order valence-electron chi connectivity index (χ1n) is 6.08. The van der Waals surface area contributed by atoms with Crippen molar-refractivity contribution in [3.8, 4) is 0 Å². The molecule has 110 valence electrons. The van der Waals surface area contributed by atoms with Gasteiger partial charge in [0, 0.05) is 11.8 Å². The van der Waals surface area contributed by atoms with Gasteiger partial charge in [-0.25, -0.2) is 0 Å². The van der Waals surface area contributed by atoms with E-state index < -0.39 is 18.5 Å². The molecule has 21 heavy (non-hydrogen) atoms. The molecule has 1 aromatic carbocycles. The predicted octanol–water partition coefficient (Wildman–Crippen LogP) is 2.99.